The zero-order chi connectivity index (χ0) is 17.6. The van der Waals surface area contributed by atoms with Crippen molar-refractivity contribution in [3.05, 3.63) is 53.0 Å². The minimum Gasteiger partial charge on any atom is -0.486 e. The zero-order valence-electron chi connectivity index (χ0n) is 14.0. The largest absolute Gasteiger partial charge is 0.486 e. The molecule has 2 aromatic carbocycles. The van der Waals surface area contributed by atoms with Crippen LogP contribution in [0.15, 0.2) is 53.0 Å². The van der Waals surface area contributed by atoms with Gasteiger partial charge >= 0.3 is 0 Å². The van der Waals surface area contributed by atoms with Crippen LogP contribution in [0.5, 0.6) is 17.2 Å². The minimum atomic E-state index is -0.192. The predicted octanol–water partition coefficient (Wildman–Crippen LogP) is 3.52. The van der Waals surface area contributed by atoms with Gasteiger partial charge in [0.2, 0.25) is 0 Å². The molecular weight excluding hydrogens is 386 g/mol. The Labute approximate surface area is 155 Å². The molecule has 0 N–H and O–H groups in total. The standard InChI is InChI=1S/C19H20BrNO4/c1-2-21(19(22)13-24-16-8-4-3-7-15(16)20)11-14-12-23-17-9-5-6-10-18(17)25-14/h3-10,14H,2,11-13H2,1H3/t14-/m1/s1. The quantitative estimate of drug-likeness (QED) is 0.737. The fraction of sp³-hybridized carbons (Fsp3) is 0.316. The van der Waals surface area contributed by atoms with Crippen LogP contribution in [-0.4, -0.2) is 43.2 Å². The van der Waals surface area contributed by atoms with Crippen LogP contribution in [-0.2, 0) is 4.79 Å². The van der Waals surface area contributed by atoms with Gasteiger partial charge in [-0.15, -0.1) is 0 Å². The van der Waals surface area contributed by atoms with Gasteiger partial charge in [0.25, 0.3) is 5.91 Å². The van der Waals surface area contributed by atoms with E-state index < -0.39 is 0 Å². The molecule has 132 valence electrons. The lowest BCUT2D eigenvalue weighted by molar-refractivity contribution is -0.134. The summed E-state index contributed by atoms with van der Waals surface area (Å²) in [6.45, 7) is 3.39. The summed E-state index contributed by atoms with van der Waals surface area (Å²) >= 11 is 3.41. The average Bonchev–Trinajstić information content (AvgIpc) is 2.65. The Morgan fingerprint density at radius 3 is 2.68 bits per heavy atom. The molecule has 0 fully saturated rings. The molecule has 0 bridgehead atoms. The molecule has 0 unspecified atom stereocenters. The molecular formula is C19H20BrNO4. The first-order valence-corrected chi connectivity index (χ1v) is 9.00. The van der Waals surface area contributed by atoms with Crippen molar-refractivity contribution < 1.29 is 19.0 Å². The smallest absolute Gasteiger partial charge is 0.260 e. The van der Waals surface area contributed by atoms with Gasteiger partial charge in [-0.05, 0) is 47.1 Å². The van der Waals surface area contributed by atoms with E-state index in [-0.39, 0.29) is 18.6 Å². The third kappa shape index (κ3) is 4.45. The highest BCUT2D eigenvalue weighted by Gasteiger charge is 2.25. The number of amides is 1. The number of benzene rings is 2. The van der Waals surface area contributed by atoms with Gasteiger partial charge in [0.1, 0.15) is 12.4 Å². The molecule has 0 aromatic heterocycles. The molecule has 1 aliphatic heterocycles. The number of carbonyl (C=O) groups excluding carboxylic acids is 1. The summed E-state index contributed by atoms with van der Waals surface area (Å²) in [6, 6.07) is 15.0. The summed E-state index contributed by atoms with van der Waals surface area (Å²) in [6.07, 6.45) is -0.192. The van der Waals surface area contributed by atoms with Gasteiger partial charge in [-0.3, -0.25) is 4.79 Å². The molecule has 1 atom stereocenters. The van der Waals surface area contributed by atoms with Crippen molar-refractivity contribution in [2.24, 2.45) is 0 Å². The molecule has 25 heavy (non-hydrogen) atoms. The van der Waals surface area contributed by atoms with Crippen molar-refractivity contribution in [3.8, 4) is 17.2 Å². The van der Waals surface area contributed by atoms with Crippen LogP contribution in [0.1, 0.15) is 6.92 Å². The van der Waals surface area contributed by atoms with Crippen LogP contribution in [0.3, 0.4) is 0 Å². The minimum absolute atomic E-state index is 0.0133. The Hall–Kier alpha value is -2.21. The van der Waals surface area contributed by atoms with Crippen molar-refractivity contribution in [2.75, 3.05) is 26.3 Å². The van der Waals surface area contributed by atoms with Crippen molar-refractivity contribution in [3.63, 3.8) is 0 Å². The first kappa shape index (κ1) is 17.6. The topological polar surface area (TPSA) is 48.0 Å². The monoisotopic (exact) mass is 405 g/mol. The molecule has 5 nitrogen and oxygen atoms in total. The van der Waals surface area contributed by atoms with Crippen LogP contribution >= 0.6 is 15.9 Å². The fourth-order valence-corrected chi connectivity index (χ4v) is 3.00. The Morgan fingerprint density at radius 2 is 1.92 bits per heavy atom. The van der Waals surface area contributed by atoms with Gasteiger partial charge in [-0.25, -0.2) is 0 Å². The summed E-state index contributed by atoms with van der Waals surface area (Å²) in [5.41, 5.74) is 0. The third-order valence-corrected chi connectivity index (χ3v) is 4.57. The number of likely N-dealkylation sites (N-methyl/N-ethyl adjacent to an activating group) is 1. The highest BCUT2D eigenvalue weighted by atomic mass is 79.9. The Bertz CT molecular complexity index is 737. The second kappa shape index (κ2) is 8.25. The maximum atomic E-state index is 12.5. The van der Waals surface area contributed by atoms with Gasteiger partial charge in [0.05, 0.1) is 11.0 Å². The lowest BCUT2D eigenvalue weighted by Crippen LogP contribution is -2.45. The summed E-state index contributed by atoms with van der Waals surface area (Å²) in [4.78, 5) is 14.2. The number of carbonyl (C=O) groups is 1. The lowest BCUT2D eigenvalue weighted by atomic mass is 10.2. The second-order valence-corrected chi connectivity index (χ2v) is 6.50. The fourth-order valence-electron chi connectivity index (χ4n) is 2.60. The van der Waals surface area contributed by atoms with Gasteiger partial charge in [0, 0.05) is 6.54 Å². The van der Waals surface area contributed by atoms with Crippen molar-refractivity contribution in [1.82, 2.24) is 4.90 Å². The van der Waals surface area contributed by atoms with E-state index in [0.29, 0.717) is 31.2 Å². The van der Waals surface area contributed by atoms with E-state index in [9.17, 15) is 4.79 Å². The second-order valence-electron chi connectivity index (χ2n) is 5.65. The molecule has 0 saturated carbocycles. The van der Waals surface area contributed by atoms with Crippen LogP contribution in [0.2, 0.25) is 0 Å². The maximum absolute atomic E-state index is 12.5. The summed E-state index contributed by atoms with van der Waals surface area (Å²) < 4.78 is 18.1. The number of rotatable bonds is 6. The molecule has 0 saturated heterocycles. The molecule has 6 heteroatoms. The van der Waals surface area contributed by atoms with Crippen LogP contribution < -0.4 is 14.2 Å². The van der Waals surface area contributed by atoms with Crippen LogP contribution in [0.25, 0.3) is 0 Å². The molecule has 1 heterocycles. The molecule has 0 spiro atoms. The molecule has 1 aliphatic rings. The first-order valence-electron chi connectivity index (χ1n) is 8.21. The van der Waals surface area contributed by atoms with E-state index in [4.69, 9.17) is 14.2 Å². The number of halogens is 1. The summed E-state index contributed by atoms with van der Waals surface area (Å²) in [5.74, 6) is 2.02. The van der Waals surface area contributed by atoms with Crippen molar-refractivity contribution in [1.29, 1.82) is 0 Å². The number of ether oxygens (including phenoxy) is 3. The average molecular weight is 406 g/mol. The SMILES string of the molecule is CCN(C[C@@H]1COc2ccccc2O1)C(=O)COc1ccccc1Br. The van der Waals surface area contributed by atoms with Crippen molar-refractivity contribution in [2.45, 2.75) is 13.0 Å². The number of fused-ring (bicyclic) bond motifs is 1. The van der Waals surface area contributed by atoms with E-state index in [2.05, 4.69) is 15.9 Å². The van der Waals surface area contributed by atoms with Gasteiger partial charge in [0.15, 0.2) is 24.2 Å². The van der Waals surface area contributed by atoms with Crippen molar-refractivity contribution >= 4 is 21.8 Å². The van der Waals surface area contributed by atoms with Gasteiger partial charge in [-0.2, -0.15) is 0 Å². The van der Waals surface area contributed by atoms with E-state index in [0.717, 1.165) is 10.2 Å². The van der Waals surface area contributed by atoms with Gasteiger partial charge in [-0.1, -0.05) is 24.3 Å². The highest BCUT2D eigenvalue weighted by Crippen LogP contribution is 2.31. The summed E-state index contributed by atoms with van der Waals surface area (Å²) in [5, 5.41) is 0. The Balaban J connectivity index is 1.55. The number of hydrogen-bond donors (Lipinski definition) is 0. The highest BCUT2D eigenvalue weighted by molar-refractivity contribution is 9.10. The lowest BCUT2D eigenvalue weighted by Gasteiger charge is -2.30. The first-order chi connectivity index (χ1) is 12.2. The summed E-state index contributed by atoms with van der Waals surface area (Å²) in [7, 11) is 0. The van der Waals surface area contributed by atoms with E-state index in [1.807, 2.05) is 55.5 Å². The van der Waals surface area contributed by atoms with E-state index >= 15 is 0 Å². The van der Waals surface area contributed by atoms with Crippen LogP contribution in [0.4, 0.5) is 0 Å². The molecule has 0 radical (unpaired) electrons. The van der Waals surface area contributed by atoms with Gasteiger partial charge < -0.3 is 19.1 Å². The Morgan fingerprint density at radius 1 is 1.20 bits per heavy atom. The molecule has 0 aliphatic carbocycles. The third-order valence-electron chi connectivity index (χ3n) is 3.91. The maximum Gasteiger partial charge on any atom is 0.260 e. The zero-order valence-corrected chi connectivity index (χ0v) is 15.6. The molecule has 2 aromatic rings. The normalized spacial score (nSPS) is 15.5. The predicted molar refractivity (Wildman–Crippen MR) is 98.2 cm³/mol. The Kier molecular flexibility index (Phi) is 5.81. The van der Waals surface area contributed by atoms with Crippen LogP contribution in [0, 0.1) is 0 Å². The number of para-hydroxylation sites is 3. The molecule has 3 rings (SSSR count). The van der Waals surface area contributed by atoms with E-state index in [1.54, 1.807) is 4.90 Å². The number of nitrogens with zero attached hydrogens (tertiary/aromatic N) is 1. The molecule has 1 amide bonds. The number of hydrogen-bond acceptors (Lipinski definition) is 4. The van der Waals surface area contributed by atoms with E-state index in [1.165, 1.54) is 0 Å².